The summed E-state index contributed by atoms with van der Waals surface area (Å²) in [6.07, 6.45) is 4.29. The van der Waals surface area contributed by atoms with Crippen molar-refractivity contribution in [1.82, 2.24) is 15.2 Å². The predicted octanol–water partition coefficient (Wildman–Crippen LogP) is 3.62. The first-order chi connectivity index (χ1) is 15.3. The van der Waals surface area contributed by atoms with Gasteiger partial charge in [-0.25, -0.2) is 9.98 Å². The van der Waals surface area contributed by atoms with E-state index in [-0.39, 0.29) is 36.2 Å². The van der Waals surface area contributed by atoms with Crippen LogP contribution in [-0.4, -0.2) is 60.9 Å². The Bertz CT molecular complexity index is 846. The minimum absolute atomic E-state index is 0. The SMILES string of the molecule is CCNC(=NCc1ccnc(OCc2ccccc2)c1)N1CCOC(C2CCCO2)C1.I. The number of hydrogen-bond acceptors (Lipinski definition) is 5. The maximum absolute atomic E-state index is 5.99. The van der Waals surface area contributed by atoms with Crippen molar-refractivity contribution in [3.63, 3.8) is 0 Å². The highest BCUT2D eigenvalue weighted by Crippen LogP contribution is 2.21. The molecule has 0 spiro atoms. The number of nitrogens with zero attached hydrogens (tertiary/aromatic N) is 3. The van der Waals surface area contributed by atoms with E-state index >= 15 is 0 Å². The second kappa shape index (κ2) is 13.0. The summed E-state index contributed by atoms with van der Waals surface area (Å²) in [5.74, 6) is 1.53. The summed E-state index contributed by atoms with van der Waals surface area (Å²) in [6, 6.07) is 14.1. The van der Waals surface area contributed by atoms with Crippen molar-refractivity contribution in [1.29, 1.82) is 0 Å². The van der Waals surface area contributed by atoms with Gasteiger partial charge in [0.25, 0.3) is 0 Å². The van der Waals surface area contributed by atoms with Crippen molar-refractivity contribution in [2.45, 2.75) is 45.1 Å². The molecule has 0 bridgehead atoms. The zero-order valence-electron chi connectivity index (χ0n) is 18.6. The Kier molecular flexibility index (Phi) is 10.0. The number of morpholine rings is 1. The van der Waals surface area contributed by atoms with Crippen LogP contribution in [0.4, 0.5) is 0 Å². The monoisotopic (exact) mass is 552 g/mol. The largest absolute Gasteiger partial charge is 0.473 e. The Morgan fingerprint density at radius 2 is 2.00 bits per heavy atom. The van der Waals surface area contributed by atoms with Gasteiger partial charge in [0.05, 0.1) is 19.3 Å². The average molecular weight is 552 g/mol. The van der Waals surface area contributed by atoms with E-state index in [1.807, 2.05) is 42.5 Å². The lowest BCUT2D eigenvalue weighted by Crippen LogP contribution is -2.53. The number of rotatable bonds is 7. The molecule has 1 aromatic heterocycles. The molecule has 2 atom stereocenters. The Morgan fingerprint density at radius 3 is 2.78 bits per heavy atom. The van der Waals surface area contributed by atoms with Crippen LogP contribution < -0.4 is 10.1 Å². The number of benzene rings is 1. The number of ether oxygens (including phenoxy) is 3. The number of pyridine rings is 1. The topological polar surface area (TPSA) is 68.2 Å². The Balaban J connectivity index is 0.00000289. The summed E-state index contributed by atoms with van der Waals surface area (Å²) in [4.78, 5) is 11.5. The van der Waals surface area contributed by atoms with Gasteiger partial charge in [-0.15, -0.1) is 24.0 Å². The van der Waals surface area contributed by atoms with Gasteiger partial charge in [-0.05, 0) is 37.0 Å². The molecule has 1 N–H and O–H groups in total. The van der Waals surface area contributed by atoms with Gasteiger partial charge < -0.3 is 24.4 Å². The normalized spacial score (nSPS) is 21.2. The van der Waals surface area contributed by atoms with Crippen molar-refractivity contribution in [2.24, 2.45) is 4.99 Å². The molecular weight excluding hydrogens is 519 g/mol. The fourth-order valence-electron chi connectivity index (χ4n) is 3.94. The summed E-state index contributed by atoms with van der Waals surface area (Å²) >= 11 is 0. The number of hydrogen-bond donors (Lipinski definition) is 1. The highest BCUT2D eigenvalue weighted by atomic mass is 127. The molecule has 4 rings (SSSR count). The van der Waals surface area contributed by atoms with Gasteiger partial charge >= 0.3 is 0 Å². The molecule has 174 valence electrons. The van der Waals surface area contributed by atoms with E-state index in [2.05, 4.69) is 22.1 Å². The number of guanidine groups is 1. The maximum Gasteiger partial charge on any atom is 0.213 e. The molecule has 8 heteroatoms. The lowest BCUT2D eigenvalue weighted by molar-refractivity contribution is -0.0817. The van der Waals surface area contributed by atoms with Gasteiger partial charge in [0.2, 0.25) is 5.88 Å². The van der Waals surface area contributed by atoms with Gasteiger partial charge in [-0.2, -0.15) is 0 Å². The molecule has 0 amide bonds. The van der Waals surface area contributed by atoms with Crippen molar-refractivity contribution in [3.05, 3.63) is 59.8 Å². The molecule has 3 heterocycles. The fourth-order valence-corrected chi connectivity index (χ4v) is 3.94. The van der Waals surface area contributed by atoms with E-state index in [1.54, 1.807) is 6.20 Å². The van der Waals surface area contributed by atoms with Gasteiger partial charge in [0.1, 0.15) is 12.7 Å². The second-order valence-electron chi connectivity index (χ2n) is 7.85. The highest BCUT2D eigenvalue weighted by Gasteiger charge is 2.32. The second-order valence-corrected chi connectivity index (χ2v) is 7.85. The summed E-state index contributed by atoms with van der Waals surface area (Å²) in [5.41, 5.74) is 2.19. The van der Waals surface area contributed by atoms with Crippen LogP contribution in [0, 0.1) is 0 Å². The number of halogens is 1. The highest BCUT2D eigenvalue weighted by molar-refractivity contribution is 14.0. The summed E-state index contributed by atoms with van der Waals surface area (Å²) in [6.45, 7) is 7.15. The van der Waals surface area contributed by atoms with Crippen molar-refractivity contribution in [2.75, 3.05) is 32.8 Å². The average Bonchev–Trinajstić information content (AvgIpc) is 3.37. The standard InChI is InChI=1S/C24H32N4O3.HI/c1-2-25-24(28-12-14-30-22(17-28)21-9-6-13-29-21)27-16-20-10-11-26-23(15-20)31-18-19-7-4-3-5-8-19;/h3-5,7-8,10-11,15,21-22H,2,6,9,12-14,16-18H2,1H3,(H,25,27);1H. The minimum atomic E-state index is 0. The Morgan fingerprint density at radius 1 is 1.16 bits per heavy atom. The third-order valence-corrected chi connectivity index (χ3v) is 5.55. The van der Waals surface area contributed by atoms with E-state index in [4.69, 9.17) is 19.2 Å². The smallest absolute Gasteiger partial charge is 0.213 e. The molecule has 2 unspecified atom stereocenters. The van der Waals surface area contributed by atoms with Crippen LogP contribution in [0.25, 0.3) is 0 Å². The molecule has 32 heavy (non-hydrogen) atoms. The first kappa shape index (κ1) is 24.7. The first-order valence-electron chi connectivity index (χ1n) is 11.2. The van der Waals surface area contributed by atoms with E-state index < -0.39 is 0 Å². The molecule has 1 aromatic carbocycles. The summed E-state index contributed by atoms with van der Waals surface area (Å²) in [7, 11) is 0. The van der Waals surface area contributed by atoms with Crippen LogP contribution in [0.1, 0.15) is 30.9 Å². The Labute approximate surface area is 207 Å². The molecule has 2 aromatic rings. The van der Waals surface area contributed by atoms with E-state index in [1.165, 1.54) is 0 Å². The van der Waals surface area contributed by atoms with Crippen molar-refractivity contribution in [3.8, 4) is 5.88 Å². The predicted molar refractivity (Wildman–Crippen MR) is 136 cm³/mol. The van der Waals surface area contributed by atoms with Gasteiger partial charge in [-0.1, -0.05) is 30.3 Å². The zero-order valence-corrected chi connectivity index (χ0v) is 20.9. The fraction of sp³-hybridized carbons (Fsp3) is 0.500. The number of nitrogens with one attached hydrogen (secondary N) is 1. The van der Waals surface area contributed by atoms with Crippen LogP contribution in [-0.2, 0) is 22.6 Å². The third kappa shape index (κ3) is 7.05. The van der Waals surface area contributed by atoms with Gasteiger partial charge in [0, 0.05) is 38.5 Å². The first-order valence-corrected chi connectivity index (χ1v) is 11.2. The summed E-state index contributed by atoms with van der Waals surface area (Å²) in [5, 5.41) is 3.43. The molecule has 0 saturated carbocycles. The third-order valence-electron chi connectivity index (χ3n) is 5.55. The lowest BCUT2D eigenvalue weighted by Gasteiger charge is -2.37. The zero-order chi connectivity index (χ0) is 21.3. The summed E-state index contributed by atoms with van der Waals surface area (Å²) < 4.78 is 17.7. The quantitative estimate of drug-likeness (QED) is 0.322. The molecule has 2 aliphatic heterocycles. The molecular formula is C24H33IN4O3. The van der Waals surface area contributed by atoms with Crippen molar-refractivity contribution >= 4 is 29.9 Å². The lowest BCUT2D eigenvalue weighted by atomic mass is 10.1. The Hall–Kier alpha value is -1.91. The number of aromatic nitrogens is 1. The van der Waals surface area contributed by atoms with Crippen LogP contribution in [0.15, 0.2) is 53.7 Å². The van der Waals surface area contributed by atoms with Crippen LogP contribution in [0.3, 0.4) is 0 Å². The van der Waals surface area contributed by atoms with Crippen LogP contribution in [0.5, 0.6) is 5.88 Å². The van der Waals surface area contributed by atoms with E-state index in [9.17, 15) is 0 Å². The molecule has 2 aliphatic rings. The molecule has 0 radical (unpaired) electrons. The molecule has 2 fully saturated rings. The van der Waals surface area contributed by atoms with E-state index in [0.717, 1.165) is 56.2 Å². The number of aliphatic imine (C=N–C) groups is 1. The molecule has 7 nitrogen and oxygen atoms in total. The van der Waals surface area contributed by atoms with E-state index in [0.29, 0.717) is 25.6 Å². The minimum Gasteiger partial charge on any atom is -0.473 e. The molecule has 0 aliphatic carbocycles. The van der Waals surface area contributed by atoms with Gasteiger partial charge in [-0.3, -0.25) is 0 Å². The van der Waals surface area contributed by atoms with Gasteiger partial charge in [0.15, 0.2) is 5.96 Å². The van der Waals surface area contributed by atoms with Crippen LogP contribution in [0.2, 0.25) is 0 Å². The van der Waals surface area contributed by atoms with Crippen molar-refractivity contribution < 1.29 is 14.2 Å². The maximum atomic E-state index is 5.99. The molecule has 2 saturated heterocycles. The van der Waals surface area contributed by atoms with Crippen LogP contribution >= 0.6 is 24.0 Å².